The largest absolute Gasteiger partial charge is 0.350 e. The molecule has 2 aromatic rings. The van der Waals surface area contributed by atoms with Crippen molar-refractivity contribution in [3.63, 3.8) is 0 Å². The van der Waals surface area contributed by atoms with Gasteiger partial charge in [0.2, 0.25) is 11.8 Å². The molecule has 2 aromatic carbocycles. The monoisotopic (exact) mass is 354 g/mol. The molecule has 1 heterocycles. The van der Waals surface area contributed by atoms with Crippen LogP contribution in [0.5, 0.6) is 0 Å². The van der Waals surface area contributed by atoms with Crippen molar-refractivity contribution in [1.29, 1.82) is 0 Å². The Balaban J connectivity index is 1.61. The van der Waals surface area contributed by atoms with Crippen LogP contribution in [0.2, 0.25) is 0 Å². The lowest BCUT2D eigenvalue weighted by Gasteiger charge is -2.24. The van der Waals surface area contributed by atoms with Crippen molar-refractivity contribution >= 4 is 11.8 Å². The number of rotatable bonds is 6. The molecule has 2 amide bonds. The lowest BCUT2D eigenvalue weighted by atomic mass is 10.1. The van der Waals surface area contributed by atoms with Gasteiger partial charge >= 0.3 is 0 Å². The number of nitrogens with one attached hydrogen (secondary N) is 1. The Morgan fingerprint density at radius 3 is 2.35 bits per heavy atom. The molecule has 5 heteroatoms. The fraction of sp³-hybridized carbons (Fsp3) is 0.333. The summed E-state index contributed by atoms with van der Waals surface area (Å²) in [5.74, 6) is -0.496. The van der Waals surface area contributed by atoms with Gasteiger partial charge in [0.1, 0.15) is 11.9 Å². The highest BCUT2D eigenvalue weighted by Crippen LogP contribution is 2.22. The van der Waals surface area contributed by atoms with Gasteiger partial charge in [-0.25, -0.2) is 4.39 Å². The van der Waals surface area contributed by atoms with Gasteiger partial charge in [0, 0.05) is 19.5 Å². The summed E-state index contributed by atoms with van der Waals surface area (Å²) in [7, 11) is 0. The van der Waals surface area contributed by atoms with Gasteiger partial charge in [0.15, 0.2) is 0 Å². The van der Waals surface area contributed by atoms with Crippen molar-refractivity contribution < 1.29 is 14.0 Å². The highest BCUT2D eigenvalue weighted by atomic mass is 19.1. The molecule has 0 spiro atoms. The zero-order chi connectivity index (χ0) is 18.5. The number of nitrogens with zero attached hydrogens (tertiary/aromatic N) is 1. The Kier molecular flexibility index (Phi) is 5.66. The molecule has 1 N–H and O–H groups in total. The molecule has 1 atom stereocenters. The zero-order valence-electron chi connectivity index (χ0n) is 14.9. The van der Waals surface area contributed by atoms with Crippen LogP contribution < -0.4 is 5.32 Å². The van der Waals surface area contributed by atoms with E-state index < -0.39 is 6.04 Å². The summed E-state index contributed by atoms with van der Waals surface area (Å²) < 4.78 is 13.0. The van der Waals surface area contributed by atoms with E-state index in [0.717, 1.165) is 17.5 Å². The fourth-order valence-electron chi connectivity index (χ4n) is 3.19. The van der Waals surface area contributed by atoms with Crippen molar-refractivity contribution in [3.05, 3.63) is 71.0 Å². The Morgan fingerprint density at radius 1 is 1.08 bits per heavy atom. The minimum absolute atomic E-state index is 0.0400. The Labute approximate surface area is 153 Å². The summed E-state index contributed by atoms with van der Waals surface area (Å²) >= 11 is 0. The maximum atomic E-state index is 13.0. The third-order valence-electron chi connectivity index (χ3n) is 4.79. The third kappa shape index (κ3) is 4.28. The van der Waals surface area contributed by atoms with Crippen LogP contribution in [0.15, 0.2) is 48.5 Å². The highest BCUT2D eigenvalue weighted by Gasteiger charge is 2.35. The first kappa shape index (κ1) is 18.1. The standard InChI is InChI=1S/C21H23FN2O2/c1-2-15-3-5-16(6-4-15)13-23-21(26)19-11-12-20(25)24(19)14-17-7-9-18(22)10-8-17/h3-10,19H,2,11-14H2,1H3,(H,23,26). The Morgan fingerprint density at radius 2 is 1.69 bits per heavy atom. The first-order chi connectivity index (χ1) is 12.6. The number of amides is 2. The van der Waals surface area contributed by atoms with Crippen LogP contribution in [0.3, 0.4) is 0 Å². The minimum Gasteiger partial charge on any atom is -0.350 e. The van der Waals surface area contributed by atoms with Crippen molar-refractivity contribution in [2.75, 3.05) is 0 Å². The molecule has 1 saturated heterocycles. The molecule has 0 saturated carbocycles. The van der Waals surface area contributed by atoms with E-state index >= 15 is 0 Å². The number of hydrogen-bond acceptors (Lipinski definition) is 2. The summed E-state index contributed by atoms with van der Waals surface area (Å²) in [6.45, 7) is 2.86. The third-order valence-corrected chi connectivity index (χ3v) is 4.79. The van der Waals surface area contributed by atoms with E-state index in [4.69, 9.17) is 0 Å². The molecule has 4 nitrogen and oxygen atoms in total. The second kappa shape index (κ2) is 8.13. The van der Waals surface area contributed by atoms with Gasteiger partial charge in [0.25, 0.3) is 0 Å². The number of carbonyl (C=O) groups excluding carboxylic acids is 2. The van der Waals surface area contributed by atoms with E-state index in [1.807, 2.05) is 12.1 Å². The predicted octanol–water partition coefficient (Wildman–Crippen LogP) is 3.20. The molecule has 0 aliphatic carbocycles. The van der Waals surface area contributed by atoms with Crippen LogP contribution in [-0.2, 0) is 29.1 Å². The maximum absolute atomic E-state index is 13.0. The van der Waals surface area contributed by atoms with Gasteiger partial charge in [-0.1, -0.05) is 43.3 Å². The first-order valence-corrected chi connectivity index (χ1v) is 8.96. The van der Waals surface area contributed by atoms with E-state index in [1.54, 1.807) is 17.0 Å². The van der Waals surface area contributed by atoms with Crippen LogP contribution >= 0.6 is 0 Å². The van der Waals surface area contributed by atoms with E-state index in [0.29, 0.717) is 25.9 Å². The molecule has 1 unspecified atom stereocenters. The molecule has 0 bridgehead atoms. The van der Waals surface area contributed by atoms with Crippen LogP contribution in [0.4, 0.5) is 4.39 Å². The van der Waals surface area contributed by atoms with Crippen LogP contribution in [-0.4, -0.2) is 22.8 Å². The van der Waals surface area contributed by atoms with Crippen LogP contribution in [0, 0.1) is 5.82 Å². The molecule has 26 heavy (non-hydrogen) atoms. The van der Waals surface area contributed by atoms with E-state index in [1.165, 1.54) is 17.7 Å². The van der Waals surface area contributed by atoms with Gasteiger partial charge in [-0.3, -0.25) is 9.59 Å². The van der Waals surface area contributed by atoms with Gasteiger partial charge < -0.3 is 10.2 Å². The lowest BCUT2D eigenvalue weighted by molar-refractivity contribution is -0.135. The van der Waals surface area contributed by atoms with Crippen molar-refractivity contribution in [1.82, 2.24) is 10.2 Å². The molecule has 1 fully saturated rings. The first-order valence-electron chi connectivity index (χ1n) is 8.96. The fourth-order valence-corrected chi connectivity index (χ4v) is 3.19. The number of aryl methyl sites for hydroxylation is 1. The van der Waals surface area contributed by atoms with Gasteiger partial charge in [-0.05, 0) is 41.7 Å². The number of carbonyl (C=O) groups is 2. The normalized spacial score (nSPS) is 16.8. The molecule has 1 aliphatic rings. The minimum atomic E-state index is -0.470. The zero-order valence-corrected chi connectivity index (χ0v) is 14.9. The van der Waals surface area contributed by atoms with Crippen LogP contribution in [0.1, 0.15) is 36.5 Å². The number of hydrogen-bond donors (Lipinski definition) is 1. The average Bonchev–Trinajstić information content (AvgIpc) is 3.02. The second-order valence-electron chi connectivity index (χ2n) is 6.59. The molecule has 136 valence electrons. The van der Waals surface area contributed by atoms with E-state index in [2.05, 4.69) is 24.4 Å². The summed E-state index contributed by atoms with van der Waals surface area (Å²) in [5.41, 5.74) is 3.10. The van der Waals surface area contributed by atoms with Crippen LogP contribution in [0.25, 0.3) is 0 Å². The molecule has 0 radical (unpaired) electrons. The summed E-state index contributed by atoms with van der Waals surface area (Å²) in [4.78, 5) is 26.3. The summed E-state index contributed by atoms with van der Waals surface area (Å²) in [6, 6.07) is 13.7. The maximum Gasteiger partial charge on any atom is 0.243 e. The number of likely N-dealkylation sites (tertiary alicyclic amines) is 1. The highest BCUT2D eigenvalue weighted by molar-refractivity contribution is 5.90. The quantitative estimate of drug-likeness (QED) is 0.866. The number of benzene rings is 2. The second-order valence-corrected chi connectivity index (χ2v) is 6.59. The molecular formula is C21H23FN2O2. The van der Waals surface area contributed by atoms with Crippen molar-refractivity contribution in [3.8, 4) is 0 Å². The Hall–Kier alpha value is -2.69. The average molecular weight is 354 g/mol. The molecule has 1 aliphatic heterocycles. The molecule has 0 aromatic heterocycles. The van der Waals surface area contributed by atoms with E-state index in [9.17, 15) is 14.0 Å². The Bertz CT molecular complexity index is 772. The smallest absolute Gasteiger partial charge is 0.243 e. The summed E-state index contributed by atoms with van der Waals surface area (Å²) in [6.07, 6.45) is 1.86. The molecular weight excluding hydrogens is 331 g/mol. The van der Waals surface area contributed by atoms with Gasteiger partial charge in [-0.2, -0.15) is 0 Å². The number of halogens is 1. The molecule has 3 rings (SSSR count). The lowest BCUT2D eigenvalue weighted by Crippen LogP contribution is -2.44. The van der Waals surface area contributed by atoms with Gasteiger partial charge in [-0.15, -0.1) is 0 Å². The topological polar surface area (TPSA) is 49.4 Å². The predicted molar refractivity (Wildman–Crippen MR) is 97.6 cm³/mol. The van der Waals surface area contributed by atoms with Crippen molar-refractivity contribution in [2.24, 2.45) is 0 Å². The summed E-state index contributed by atoms with van der Waals surface area (Å²) in [5, 5.41) is 2.93. The van der Waals surface area contributed by atoms with Gasteiger partial charge in [0.05, 0.1) is 0 Å². The van der Waals surface area contributed by atoms with E-state index in [-0.39, 0.29) is 17.6 Å². The SMILES string of the molecule is CCc1ccc(CNC(=O)C2CCC(=O)N2Cc2ccc(F)cc2)cc1. The van der Waals surface area contributed by atoms with Crippen molar-refractivity contribution in [2.45, 2.75) is 45.3 Å².